The standard InChI is InChI=1S/C18H18N2O4S/c1-11-5-4-6-13(9-11)23-7-8-24-18(22)15-12(2)14-16(25-15)19-10-20(3)17(14)21/h4-6,9-10H,7-8H2,1-3H3. The topological polar surface area (TPSA) is 70.4 Å². The molecule has 0 aliphatic carbocycles. The molecule has 0 fully saturated rings. The van der Waals surface area contributed by atoms with Gasteiger partial charge < -0.3 is 14.0 Å². The van der Waals surface area contributed by atoms with Crippen LogP contribution in [-0.2, 0) is 11.8 Å². The van der Waals surface area contributed by atoms with E-state index in [1.807, 2.05) is 31.2 Å². The second-order valence-corrected chi connectivity index (χ2v) is 6.70. The van der Waals surface area contributed by atoms with Crippen molar-refractivity contribution in [2.75, 3.05) is 13.2 Å². The lowest BCUT2D eigenvalue weighted by Crippen LogP contribution is -2.17. The summed E-state index contributed by atoms with van der Waals surface area (Å²) in [6.45, 7) is 4.11. The van der Waals surface area contributed by atoms with Crippen LogP contribution < -0.4 is 10.3 Å². The maximum Gasteiger partial charge on any atom is 0.348 e. The molecule has 0 aliphatic rings. The molecule has 2 heterocycles. The molecule has 3 aromatic rings. The van der Waals surface area contributed by atoms with Gasteiger partial charge in [-0.05, 0) is 37.1 Å². The van der Waals surface area contributed by atoms with E-state index in [0.717, 1.165) is 11.3 Å². The van der Waals surface area contributed by atoms with Gasteiger partial charge in [0.1, 0.15) is 28.7 Å². The summed E-state index contributed by atoms with van der Waals surface area (Å²) in [7, 11) is 1.63. The van der Waals surface area contributed by atoms with Crippen molar-refractivity contribution in [2.45, 2.75) is 13.8 Å². The first-order chi connectivity index (χ1) is 12.0. The minimum atomic E-state index is -0.463. The lowest BCUT2D eigenvalue weighted by atomic mass is 10.2. The quantitative estimate of drug-likeness (QED) is 0.518. The second-order valence-electron chi connectivity index (χ2n) is 5.70. The van der Waals surface area contributed by atoms with Gasteiger partial charge in [0.2, 0.25) is 0 Å². The number of ether oxygens (including phenoxy) is 2. The zero-order valence-electron chi connectivity index (χ0n) is 14.2. The van der Waals surface area contributed by atoms with Gasteiger partial charge in [0, 0.05) is 7.05 Å². The predicted octanol–water partition coefficient (Wildman–Crippen LogP) is 2.85. The highest BCUT2D eigenvalue weighted by Crippen LogP contribution is 2.27. The first-order valence-electron chi connectivity index (χ1n) is 7.78. The molecule has 0 unspecified atom stereocenters. The molecule has 0 bridgehead atoms. The third-order valence-electron chi connectivity index (χ3n) is 3.77. The van der Waals surface area contributed by atoms with Crippen LogP contribution in [0.15, 0.2) is 35.4 Å². The van der Waals surface area contributed by atoms with E-state index in [2.05, 4.69) is 4.98 Å². The summed E-state index contributed by atoms with van der Waals surface area (Å²) in [6, 6.07) is 7.66. The van der Waals surface area contributed by atoms with Crippen LogP contribution in [0.25, 0.3) is 10.2 Å². The number of fused-ring (bicyclic) bond motifs is 1. The Morgan fingerprint density at radius 2 is 2.08 bits per heavy atom. The molecule has 0 spiro atoms. The van der Waals surface area contributed by atoms with Crippen molar-refractivity contribution in [1.29, 1.82) is 0 Å². The van der Waals surface area contributed by atoms with Crippen molar-refractivity contribution >= 4 is 27.5 Å². The van der Waals surface area contributed by atoms with Crippen LogP contribution in [0.1, 0.15) is 20.8 Å². The van der Waals surface area contributed by atoms with Gasteiger partial charge in [0.15, 0.2) is 0 Å². The van der Waals surface area contributed by atoms with Gasteiger partial charge in [-0.1, -0.05) is 12.1 Å². The highest BCUT2D eigenvalue weighted by Gasteiger charge is 2.20. The molecule has 130 valence electrons. The molecule has 0 N–H and O–H groups in total. The van der Waals surface area contributed by atoms with Crippen LogP contribution in [-0.4, -0.2) is 28.7 Å². The number of carbonyl (C=O) groups excluding carboxylic acids is 1. The first-order valence-corrected chi connectivity index (χ1v) is 8.60. The van der Waals surface area contributed by atoms with E-state index >= 15 is 0 Å². The van der Waals surface area contributed by atoms with Gasteiger partial charge >= 0.3 is 5.97 Å². The summed E-state index contributed by atoms with van der Waals surface area (Å²) in [5.74, 6) is 0.275. The number of rotatable bonds is 5. The molecule has 6 nitrogen and oxygen atoms in total. The Morgan fingerprint density at radius 1 is 1.28 bits per heavy atom. The van der Waals surface area contributed by atoms with Crippen molar-refractivity contribution in [2.24, 2.45) is 7.05 Å². The van der Waals surface area contributed by atoms with Crippen molar-refractivity contribution in [1.82, 2.24) is 9.55 Å². The number of aryl methyl sites for hydroxylation is 3. The van der Waals surface area contributed by atoms with E-state index in [0.29, 0.717) is 20.7 Å². The maximum absolute atomic E-state index is 12.3. The Kier molecular flexibility index (Phi) is 4.85. The zero-order chi connectivity index (χ0) is 18.0. The monoisotopic (exact) mass is 358 g/mol. The molecule has 25 heavy (non-hydrogen) atoms. The number of hydrogen-bond acceptors (Lipinski definition) is 6. The summed E-state index contributed by atoms with van der Waals surface area (Å²) < 4.78 is 12.2. The van der Waals surface area contributed by atoms with Gasteiger partial charge in [-0.3, -0.25) is 4.79 Å². The van der Waals surface area contributed by atoms with Gasteiger partial charge in [0.05, 0.1) is 11.7 Å². The molecule has 0 atom stereocenters. The number of esters is 1. The summed E-state index contributed by atoms with van der Waals surface area (Å²) in [5, 5.41) is 0.470. The first kappa shape index (κ1) is 17.2. The number of hydrogen-bond donors (Lipinski definition) is 0. The van der Waals surface area contributed by atoms with Crippen LogP contribution in [0.2, 0.25) is 0 Å². The van der Waals surface area contributed by atoms with Gasteiger partial charge in [-0.25, -0.2) is 9.78 Å². The van der Waals surface area contributed by atoms with Crippen LogP contribution in [0.5, 0.6) is 5.75 Å². The average Bonchev–Trinajstić information content (AvgIpc) is 2.92. The molecule has 0 amide bonds. The van der Waals surface area contributed by atoms with E-state index in [-0.39, 0.29) is 18.8 Å². The van der Waals surface area contributed by atoms with E-state index in [1.165, 1.54) is 22.2 Å². The van der Waals surface area contributed by atoms with Gasteiger partial charge in [-0.2, -0.15) is 0 Å². The molecule has 0 saturated carbocycles. The highest BCUT2D eigenvalue weighted by atomic mass is 32.1. The largest absolute Gasteiger partial charge is 0.490 e. The lowest BCUT2D eigenvalue weighted by molar-refractivity contribution is 0.0455. The fourth-order valence-electron chi connectivity index (χ4n) is 2.47. The van der Waals surface area contributed by atoms with Crippen LogP contribution in [0, 0.1) is 13.8 Å². The van der Waals surface area contributed by atoms with E-state index < -0.39 is 5.97 Å². The van der Waals surface area contributed by atoms with E-state index in [9.17, 15) is 9.59 Å². The van der Waals surface area contributed by atoms with Crippen molar-refractivity contribution in [3.63, 3.8) is 0 Å². The van der Waals surface area contributed by atoms with E-state index in [4.69, 9.17) is 9.47 Å². The number of carbonyl (C=O) groups is 1. The smallest absolute Gasteiger partial charge is 0.348 e. The summed E-state index contributed by atoms with van der Waals surface area (Å²) >= 11 is 1.17. The summed E-state index contributed by atoms with van der Waals surface area (Å²) in [4.78, 5) is 29.6. The van der Waals surface area contributed by atoms with Crippen molar-refractivity contribution in [3.05, 3.63) is 57.0 Å². The lowest BCUT2D eigenvalue weighted by Gasteiger charge is -2.07. The molecular formula is C18H18N2O4S. The molecule has 0 radical (unpaired) electrons. The Hall–Kier alpha value is -2.67. The molecular weight excluding hydrogens is 340 g/mol. The van der Waals surface area contributed by atoms with Crippen LogP contribution in [0.3, 0.4) is 0 Å². The fourth-order valence-corrected chi connectivity index (χ4v) is 3.50. The Labute approximate surface area is 148 Å². The molecule has 0 aliphatic heterocycles. The van der Waals surface area contributed by atoms with E-state index in [1.54, 1.807) is 14.0 Å². The number of thiophene rings is 1. The molecule has 0 saturated heterocycles. The summed E-state index contributed by atoms with van der Waals surface area (Å²) in [6.07, 6.45) is 1.45. The minimum absolute atomic E-state index is 0.131. The third kappa shape index (κ3) is 3.56. The molecule has 3 rings (SSSR count). The van der Waals surface area contributed by atoms with Gasteiger partial charge in [0.25, 0.3) is 5.56 Å². The van der Waals surface area contributed by atoms with Gasteiger partial charge in [-0.15, -0.1) is 11.3 Å². The minimum Gasteiger partial charge on any atom is -0.490 e. The third-order valence-corrected chi connectivity index (χ3v) is 4.95. The maximum atomic E-state index is 12.3. The highest BCUT2D eigenvalue weighted by molar-refractivity contribution is 7.20. The second kappa shape index (κ2) is 7.06. The Bertz CT molecular complexity index is 990. The SMILES string of the molecule is Cc1cccc(OCCOC(=O)c2sc3ncn(C)c(=O)c3c2C)c1. The fraction of sp³-hybridized carbons (Fsp3) is 0.278. The number of nitrogens with zero attached hydrogens (tertiary/aromatic N) is 2. The molecule has 2 aromatic heterocycles. The van der Waals surface area contributed by atoms with Crippen molar-refractivity contribution < 1.29 is 14.3 Å². The van der Waals surface area contributed by atoms with Crippen LogP contribution in [0.4, 0.5) is 0 Å². The van der Waals surface area contributed by atoms with Crippen molar-refractivity contribution in [3.8, 4) is 5.75 Å². The number of aromatic nitrogens is 2. The number of benzene rings is 1. The predicted molar refractivity (Wildman–Crippen MR) is 96.6 cm³/mol. The molecule has 7 heteroatoms. The summed E-state index contributed by atoms with van der Waals surface area (Å²) in [5.41, 5.74) is 1.54. The average molecular weight is 358 g/mol. The normalized spacial score (nSPS) is 10.8. The van der Waals surface area contributed by atoms with Crippen LogP contribution >= 0.6 is 11.3 Å². The zero-order valence-corrected chi connectivity index (χ0v) is 15.1. The Morgan fingerprint density at radius 3 is 2.84 bits per heavy atom. The molecule has 1 aromatic carbocycles. The Balaban J connectivity index is 1.66.